The summed E-state index contributed by atoms with van der Waals surface area (Å²) in [5.41, 5.74) is 3.51. The molecule has 4 rings (SSSR count). The molecule has 1 aliphatic heterocycles. The second-order valence-corrected chi connectivity index (χ2v) is 9.59. The number of benzene rings is 3. The van der Waals surface area contributed by atoms with Gasteiger partial charge < -0.3 is 10.1 Å². The van der Waals surface area contributed by atoms with Crippen molar-refractivity contribution in [3.8, 4) is 5.75 Å². The number of carbonyl (C=O) groups excluding carboxylic acids is 3. The Labute approximate surface area is 217 Å². The zero-order chi connectivity index (χ0) is 25.8. The zero-order valence-corrected chi connectivity index (χ0v) is 21.1. The fourth-order valence-corrected chi connectivity index (χ4v) is 4.62. The van der Waals surface area contributed by atoms with Crippen LogP contribution < -0.4 is 10.1 Å². The Bertz CT molecular complexity index is 1350. The highest BCUT2D eigenvalue weighted by molar-refractivity contribution is 8.18. The number of aryl methyl sites for hydroxylation is 2. The number of imide groups is 1. The number of ether oxygens (including phenoxy) is 1. The van der Waals surface area contributed by atoms with Gasteiger partial charge in [0.15, 0.2) is 0 Å². The molecule has 3 aromatic rings. The fraction of sp³-hybridized carbons (Fsp3) is 0.148. The van der Waals surface area contributed by atoms with E-state index in [1.807, 2.05) is 26.0 Å². The zero-order valence-electron chi connectivity index (χ0n) is 19.5. The number of halogens is 2. The number of hydrogen-bond donors (Lipinski definition) is 1. The Kier molecular flexibility index (Phi) is 7.76. The third kappa shape index (κ3) is 5.95. The lowest BCUT2D eigenvalue weighted by molar-refractivity contribution is -0.127. The minimum atomic E-state index is -0.532. The van der Waals surface area contributed by atoms with E-state index in [4.69, 9.17) is 16.3 Å². The second kappa shape index (κ2) is 11.0. The van der Waals surface area contributed by atoms with Gasteiger partial charge in [-0.3, -0.25) is 19.3 Å². The third-order valence-electron chi connectivity index (χ3n) is 5.45. The summed E-state index contributed by atoms with van der Waals surface area (Å²) < 4.78 is 19.5. The van der Waals surface area contributed by atoms with Crippen molar-refractivity contribution >= 4 is 52.2 Å². The number of anilines is 1. The molecule has 1 aliphatic rings. The minimum absolute atomic E-state index is 0.0338. The molecule has 184 valence electrons. The second-order valence-electron chi connectivity index (χ2n) is 8.19. The lowest BCUT2D eigenvalue weighted by Crippen LogP contribution is -2.36. The average Bonchev–Trinajstić information content (AvgIpc) is 3.09. The number of carbonyl (C=O) groups is 3. The molecule has 0 aromatic heterocycles. The molecular weight excluding hydrogens is 503 g/mol. The summed E-state index contributed by atoms with van der Waals surface area (Å²) in [5.74, 6) is -0.947. The van der Waals surface area contributed by atoms with Crippen LogP contribution in [0.2, 0.25) is 5.02 Å². The Morgan fingerprint density at radius 3 is 2.56 bits per heavy atom. The minimum Gasteiger partial charge on any atom is -0.489 e. The van der Waals surface area contributed by atoms with E-state index >= 15 is 0 Å². The molecule has 0 atom stereocenters. The van der Waals surface area contributed by atoms with E-state index in [1.54, 1.807) is 42.5 Å². The first-order chi connectivity index (χ1) is 17.2. The number of nitrogens with zero attached hydrogens (tertiary/aromatic N) is 1. The summed E-state index contributed by atoms with van der Waals surface area (Å²) in [6.07, 6.45) is 1.57. The van der Waals surface area contributed by atoms with Gasteiger partial charge in [0, 0.05) is 11.3 Å². The smallest absolute Gasteiger partial charge is 0.294 e. The maximum absolute atomic E-state index is 13.9. The predicted molar refractivity (Wildman–Crippen MR) is 139 cm³/mol. The van der Waals surface area contributed by atoms with E-state index in [0.717, 1.165) is 27.8 Å². The lowest BCUT2D eigenvalue weighted by atomic mass is 10.1. The first-order valence-corrected chi connectivity index (χ1v) is 12.2. The van der Waals surface area contributed by atoms with Crippen LogP contribution in [0.25, 0.3) is 6.08 Å². The number of nitrogens with one attached hydrogen (secondary N) is 1. The molecule has 1 N–H and O–H groups in total. The van der Waals surface area contributed by atoms with Crippen LogP contribution in [0.4, 0.5) is 14.9 Å². The SMILES string of the molecule is Cc1ccc(NC(=O)CN2C(=O)S/C(=C\c3ccc(OCc4c(F)cccc4Cl)cc3)C2=O)c(C)c1. The fourth-order valence-electron chi connectivity index (χ4n) is 3.56. The van der Waals surface area contributed by atoms with Crippen molar-refractivity contribution in [1.29, 1.82) is 0 Å². The Balaban J connectivity index is 1.38. The standard InChI is InChI=1S/C27H22ClFN2O4S/c1-16-6-11-23(17(2)12-16)30-25(32)14-31-26(33)24(36-27(31)34)13-18-7-9-19(10-8-18)35-15-20-21(28)4-3-5-22(20)29/h3-13H,14-15H2,1-2H3,(H,30,32)/b24-13-. The third-order valence-corrected chi connectivity index (χ3v) is 6.72. The summed E-state index contributed by atoms with van der Waals surface area (Å²) in [5, 5.41) is 2.52. The molecule has 0 bridgehead atoms. The van der Waals surface area contributed by atoms with Gasteiger partial charge in [-0.05, 0) is 73.1 Å². The molecule has 3 aromatic carbocycles. The summed E-state index contributed by atoms with van der Waals surface area (Å²) >= 11 is 6.80. The van der Waals surface area contributed by atoms with Gasteiger partial charge >= 0.3 is 0 Å². The highest BCUT2D eigenvalue weighted by atomic mass is 35.5. The van der Waals surface area contributed by atoms with Crippen LogP contribution in [0.5, 0.6) is 5.75 Å². The van der Waals surface area contributed by atoms with E-state index in [9.17, 15) is 18.8 Å². The van der Waals surface area contributed by atoms with Crippen molar-refractivity contribution in [3.63, 3.8) is 0 Å². The Morgan fingerprint density at radius 2 is 1.86 bits per heavy atom. The van der Waals surface area contributed by atoms with Gasteiger partial charge in [-0.25, -0.2) is 4.39 Å². The molecule has 9 heteroatoms. The van der Waals surface area contributed by atoms with Crippen LogP contribution >= 0.6 is 23.4 Å². The predicted octanol–water partition coefficient (Wildman–Crippen LogP) is 6.35. The molecule has 36 heavy (non-hydrogen) atoms. The largest absolute Gasteiger partial charge is 0.489 e. The van der Waals surface area contributed by atoms with Gasteiger partial charge in [0.1, 0.15) is 24.7 Å². The van der Waals surface area contributed by atoms with Crippen molar-refractivity contribution in [3.05, 3.63) is 98.7 Å². The van der Waals surface area contributed by atoms with Gasteiger partial charge in [0.05, 0.1) is 9.93 Å². The van der Waals surface area contributed by atoms with Crippen LogP contribution in [0, 0.1) is 19.7 Å². The quantitative estimate of drug-likeness (QED) is 0.364. The van der Waals surface area contributed by atoms with Crippen LogP contribution in [0.15, 0.2) is 65.6 Å². The highest BCUT2D eigenvalue weighted by Gasteiger charge is 2.36. The van der Waals surface area contributed by atoms with Crippen LogP contribution in [0.3, 0.4) is 0 Å². The van der Waals surface area contributed by atoms with Crippen LogP contribution in [0.1, 0.15) is 22.3 Å². The summed E-state index contributed by atoms with van der Waals surface area (Å²) in [4.78, 5) is 38.8. The number of amides is 3. The van der Waals surface area contributed by atoms with E-state index in [-0.39, 0.29) is 28.6 Å². The Hall–Kier alpha value is -3.62. The van der Waals surface area contributed by atoms with Gasteiger partial charge in [-0.15, -0.1) is 0 Å². The van der Waals surface area contributed by atoms with Gasteiger partial charge in [-0.2, -0.15) is 0 Å². The maximum atomic E-state index is 13.9. The summed E-state index contributed by atoms with van der Waals surface area (Å²) in [7, 11) is 0. The molecule has 6 nitrogen and oxygen atoms in total. The van der Waals surface area contributed by atoms with Crippen molar-refractivity contribution in [2.75, 3.05) is 11.9 Å². The molecule has 1 fully saturated rings. The molecule has 1 saturated heterocycles. The van der Waals surface area contributed by atoms with E-state index in [2.05, 4.69) is 5.32 Å². The molecule has 0 radical (unpaired) electrons. The van der Waals surface area contributed by atoms with Gasteiger partial charge in [0.2, 0.25) is 5.91 Å². The van der Waals surface area contributed by atoms with Crippen molar-refractivity contribution in [1.82, 2.24) is 4.90 Å². The van der Waals surface area contributed by atoms with Crippen LogP contribution in [-0.4, -0.2) is 28.5 Å². The lowest BCUT2D eigenvalue weighted by Gasteiger charge is -2.14. The molecule has 0 unspecified atom stereocenters. The monoisotopic (exact) mass is 524 g/mol. The van der Waals surface area contributed by atoms with E-state index in [0.29, 0.717) is 17.0 Å². The number of hydrogen-bond acceptors (Lipinski definition) is 5. The molecule has 0 aliphatic carbocycles. The summed E-state index contributed by atoms with van der Waals surface area (Å²) in [6.45, 7) is 3.42. The first kappa shape index (κ1) is 25.5. The number of thioether (sulfide) groups is 1. The molecular formula is C27H22ClFN2O4S. The number of rotatable bonds is 7. The molecule has 3 amide bonds. The van der Waals surface area contributed by atoms with Gasteiger partial charge in [-0.1, -0.05) is 47.5 Å². The van der Waals surface area contributed by atoms with E-state index in [1.165, 1.54) is 12.1 Å². The maximum Gasteiger partial charge on any atom is 0.294 e. The first-order valence-electron chi connectivity index (χ1n) is 11.0. The average molecular weight is 525 g/mol. The summed E-state index contributed by atoms with van der Waals surface area (Å²) in [6, 6.07) is 16.8. The van der Waals surface area contributed by atoms with Crippen molar-refractivity contribution in [2.45, 2.75) is 20.5 Å². The molecule has 0 saturated carbocycles. The normalized spacial score (nSPS) is 14.4. The van der Waals surface area contributed by atoms with Gasteiger partial charge in [0.25, 0.3) is 11.1 Å². The topological polar surface area (TPSA) is 75.7 Å². The highest BCUT2D eigenvalue weighted by Crippen LogP contribution is 2.32. The molecule has 1 heterocycles. The van der Waals surface area contributed by atoms with E-state index < -0.39 is 22.9 Å². The van der Waals surface area contributed by atoms with Crippen molar-refractivity contribution in [2.24, 2.45) is 0 Å². The van der Waals surface area contributed by atoms with Crippen LogP contribution in [-0.2, 0) is 16.2 Å². The van der Waals surface area contributed by atoms with Crippen molar-refractivity contribution < 1.29 is 23.5 Å². The molecule has 0 spiro atoms. The Morgan fingerprint density at radius 1 is 1.11 bits per heavy atom.